The first-order chi connectivity index (χ1) is 17.2. The van der Waals surface area contributed by atoms with E-state index in [2.05, 4.69) is 5.10 Å². The van der Waals surface area contributed by atoms with Crippen molar-refractivity contribution in [1.82, 2.24) is 19.7 Å². The molecule has 4 heterocycles. The number of likely N-dealkylation sites (tertiary alicyclic amines) is 1. The van der Waals surface area contributed by atoms with E-state index in [4.69, 9.17) is 9.72 Å². The zero-order chi connectivity index (χ0) is 25.6. The minimum Gasteiger partial charge on any atom is -0.469 e. The monoisotopic (exact) mass is 514 g/mol. The number of methoxy groups -OCH3 is 1. The van der Waals surface area contributed by atoms with Gasteiger partial charge in [-0.05, 0) is 56.5 Å². The standard InChI is InChI=1S/C25H27FN4O5S/c1-15-22-20(24(31)29-10-7-17(8-11-29)25(32)35-2)13-21(16-3-5-18(26)6-4-16)27-23(22)30(28-15)19-9-12-36(33,34)14-19/h3-6,13,17,19H,7-12,14H2,1-2H3. The number of amides is 1. The summed E-state index contributed by atoms with van der Waals surface area (Å²) in [6.07, 6.45) is 1.44. The number of aromatic nitrogens is 3. The number of fused-ring (bicyclic) bond motifs is 1. The Morgan fingerprint density at radius 2 is 1.81 bits per heavy atom. The summed E-state index contributed by atoms with van der Waals surface area (Å²) in [6.45, 7) is 2.59. The molecule has 2 aliphatic rings. The van der Waals surface area contributed by atoms with Gasteiger partial charge in [0.2, 0.25) is 0 Å². The van der Waals surface area contributed by atoms with Crippen LogP contribution in [0.5, 0.6) is 0 Å². The number of ether oxygens (including phenoxy) is 1. The third-order valence-electron chi connectivity index (χ3n) is 7.08. The van der Waals surface area contributed by atoms with Crippen LogP contribution in [0.15, 0.2) is 30.3 Å². The predicted molar refractivity (Wildman–Crippen MR) is 131 cm³/mol. The van der Waals surface area contributed by atoms with Crippen LogP contribution >= 0.6 is 0 Å². The van der Waals surface area contributed by atoms with Crippen molar-refractivity contribution in [2.24, 2.45) is 5.92 Å². The lowest BCUT2D eigenvalue weighted by Crippen LogP contribution is -2.40. The third-order valence-corrected chi connectivity index (χ3v) is 8.83. The van der Waals surface area contributed by atoms with Crippen molar-refractivity contribution in [3.05, 3.63) is 47.4 Å². The summed E-state index contributed by atoms with van der Waals surface area (Å²) in [5.74, 6) is -1.06. The Bertz CT molecular complexity index is 1440. The molecule has 190 valence electrons. The van der Waals surface area contributed by atoms with E-state index in [0.29, 0.717) is 65.9 Å². The molecular formula is C25H27FN4O5S. The topological polar surface area (TPSA) is 111 Å². The van der Waals surface area contributed by atoms with E-state index < -0.39 is 9.84 Å². The minimum absolute atomic E-state index is 0.0317. The van der Waals surface area contributed by atoms with Gasteiger partial charge in [-0.1, -0.05) is 0 Å². The van der Waals surface area contributed by atoms with Gasteiger partial charge < -0.3 is 9.64 Å². The van der Waals surface area contributed by atoms with E-state index in [-0.39, 0.29) is 41.2 Å². The molecule has 36 heavy (non-hydrogen) atoms. The average Bonchev–Trinajstić information content (AvgIpc) is 3.41. The molecule has 5 rings (SSSR count). The summed E-state index contributed by atoms with van der Waals surface area (Å²) < 4.78 is 44.4. The number of hydrogen-bond donors (Lipinski definition) is 0. The van der Waals surface area contributed by atoms with Crippen molar-refractivity contribution in [1.29, 1.82) is 0 Å². The second-order valence-electron chi connectivity index (χ2n) is 9.44. The zero-order valence-corrected chi connectivity index (χ0v) is 20.9. The summed E-state index contributed by atoms with van der Waals surface area (Å²) in [6, 6.07) is 7.15. The number of nitrogens with zero attached hydrogens (tertiary/aromatic N) is 4. The summed E-state index contributed by atoms with van der Waals surface area (Å²) in [5, 5.41) is 5.19. The number of pyridine rings is 1. The molecule has 0 spiro atoms. The van der Waals surface area contributed by atoms with Crippen LogP contribution in [-0.2, 0) is 19.4 Å². The largest absolute Gasteiger partial charge is 0.469 e. The fourth-order valence-corrected chi connectivity index (χ4v) is 6.82. The summed E-state index contributed by atoms with van der Waals surface area (Å²) >= 11 is 0. The number of carbonyl (C=O) groups excluding carboxylic acids is 2. The SMILES string of the molecule is COC(=O)C1CCN(C(=O)c2cc(-c3ccc(F)cc3)nc3c2c(C)nn3C2CCS(=O)(=O)C2)CC1. The number of halogens is 1. The Hall–Kier alpha value is -3.34. The molecule has 2 fully saturated rings. The number of carbonyl (C=O) groups is 2. The third kappa shape index (κ3) is 4.47. The molecule has 0 radical (unpaired) electrons. The zero-order valence-electron chi connectivity index (χ0n) is 20.1. The summed E-state index contributed by atoms with van der Waals surface area (Å²) in [7, 11) is -1.81. The van der Waals surface area contributed by atoms with Gasteiger partial charge in [0.05, 0.1) is 52.9 Å². The average molecular weight is 515 g/mol. The first-order valence-electron chi connectivity index (χ1n) is 11.9. The Balaban J connectivity index is 1.59. The number of piperidine rings is 1. The van der Waals surface area contributed by atoms with Crippen LogP contribution in [0.1, 0.15) is 41.4 Å². The Labute approximate surface area is 208 Å². The maximum absolute atomic E-state index is 13.8. The maximum Gasteiger partial charge on any atom is 0.308 e. The molecule has 1 aromatic carbocycles. The minimum atomic E-state index is -3.17. The molecule has 2 saturated heterocycles. The Kier molecular flexibility index (Phi) is 6.27. The van der Waals surface area contributed by atoms with Gasteiger partial charge in [0, 0.05) is 18.7 Å². The van der Waals surface area contributed by atoms with Gasteiger partial charge in [-0.3, -0.25) is 9.59 Å². The molecule has 9 nitrogen and oxygen atoms in total. The molecule has 1 unspecified atom stereocenters. The van der Waals surface area contributed by atoms with Gasteiger partial charge in [-0.25, -0.2) is 22.5 Å². The van der Waals surface area contributed by atoms with Crippen LogP contribution in [0.4, 0.5) is 4.39 Å². The lowest BCUT2D eigenvalue weighted by Gasteiger charge is -2.31. The highest BCUT2D eigenvalue weighted by atomic mass is 32.2. The Morgan fingerprint density at radius 1 is 1.11 bits per heavy atom. The number of hydrogen-bond acceptors (Lipinski definition) is 7. The van der Waals surface area contributed by atoms with Crippen LogP contribution in [0.25, 0.3) is 22.3 Å². The second kappa shape index (κ2) is 9.27. The van der Waals surface area contributed by atoms with Crippen molar-refractivity contribution < 1.29 is 27.1 Å². The van der Waals surface area contributed by atoms with Gasteiger partial charge in [0.25, 0.3) is 5.91 Å². The summed E-state index contributed by atoms with van der Waals surface area (Å²) in [5.41, 5.74) is 2.52. The molecule has 3 aromatic rings. The highest BCUT2D eigenvalue weighted by Crippen LogP contribution is 2.33. The molecule has 1 atom stereocenters. The highest BCUT2D eigenvalue weighted by molar-refractivity contribution is 7.91. The fourth-order valence-electron chi connectivity index (χ4n) is 5.13. The molecule has 2 aliphatic heterocycles. The molecule has 11 heteroatoms. The van der Waals surface area contributed by atoms with Crippen molar-refractivity contribution in [3.8, 4) is 11.3 Å². The van der Waals surface area contributed by atoms with Crippen molar-refractivity contribution in [3.63, 3.8) is 0 Å². The van der Waals surface area contributed by atoms with Crippen molar-refractivity contribution in [2.75, 3.05) is 31.7 Å². The quantitative estimate of drug-likeness (QED) is 0.492. The second-order valence-corrected chi connectivity index (χ2v) is 11.7. The number of rotatable bonds is 4. The van der Waals surface area contributed by atoms with Gasteiger partial charge in [-0.15, -0.1) is 0 Å². The van der Waals surface area contributed by atoms with Crippen LogP contribution in [0.3, 0.4) is 0 Å². The lowest BCUT2D eigenvalue weighted by atomic mass is 9.96. The van der Waals surface area contributed by atoms with Crippen LogP contribution in [-0.4, -0.2) is 71.7 Å². The molecule has 1 amide bonds. The molecule has 0 N–H and O–H groups in total. The fraction of sp³-hybridized carbons (Fsp3) is 0.440. The van der Waals surface area contributed by atoms with E-state index in [0.717, 1.165) is 0 Å². The normalized spacial score (nSPS) is 20.1. The van der Waals surface area contributed by atoms with Gasteiger partial charge >= 0.3 is 5.97 Å². The van der Waals surface area contributed by atoms with Gasteiger partial charge in [0.15, 0.2) is 15.5 Å². The lowest BCUT2D eigenvalue weighted by molar-refractivity contribution is -0.146. The highest BCUT2D eigenvalue weighted by Gasteiger charge is 2.34. The van der Waals surface area contributed by atoms with Crippen LogP contribution < -0.4 is 0 Å². The van der Waals surface area contributed by atoms with Crippen LogP contribution in [0.2, 0.25) is 0 Å². The van der Waals surface area contributed by atoms with Crippen molar-refractivity contribution >= 4 is 32.7 Å². The Morgan fingerprint density at radius 3 is 2.42 bits per heavy atom. The maximum atomic E-state index is 13.8. The van der Waals surface area contributed by atoms with Gasteiger partial charge in [0.1, 0.15) is 5.82 Å². The van der Waals surface area contributed by atoms with E-state index in [9.17, 15) is 22.4 Å². The number of esters is 1. The first kappa shape index (κ1) is 24.4. The summed E-state index contributed by atoms with van der Waals surface area (Å²) in [4.78, 5) is 32.2. The molecule has 0 aliphatic carbocycles. The van der Waals surface area contributed by atoms with E-state index >= 15 is 0 Å². The molecule has 0 saturated carbocycles. The number of benzene rings is 1. The van der Waals surface area contributed by atoms with Gasteiger partial charge in [-0.2, -0.15) is 5.10 Å². The van der Waals surface area contributed by atoms with Crippen LogP contribution in [0, 0.1) is 18.7 Å². The molecular weight excluding hydrogens is 487 g/mol. The first-order valence-corrected chi connectivity index (χ1v) is 13.7. The van der Waals surface area contributed by atoms with E-state index in [1.54, 1.807) is 34.7 Å². The number of sulfone groups is 1. The van der Waals surface area contributed by atoms with Crippen molar-refractivity contribution in [2.45, 2.75) is 32.2 Å². The molecule has 0 bridgehead atoms. The smallest absolute Gasteiger partial charge is 0.308 e. The van der Waals surface area contributed by atoms with E-state index in [1.807, 2.05) is 0 Å². The molecule has 2 aromatic heterocycles. The number of aryl methyl sites for hydroxylation is 1. The predicted octanol–water partition coefficient (Wildman–Crippen LogP) is 2.93. The van der Waals surface area contributed by atoms with E-state index in [1.165, 1.54) is 19.2 Å².